The number of aryl methyl sites for hydroxylation is 1. The van der Waals surface area contributed by atoms with Crippen LogP contribution in [0.2, 0.25) is 0 Å². The van der Waals surface area contributed by atoms with E-state index in [4.69, 9.17) is 0 Å². The summed E-state index contributed by atoms with van der Waals surface area (Å²) < 4.78 is 0. The lowest BCUT2D eigenvalue weighted by atomic mass is 9.90. The first-order chi connectivity index (χ1) is 10.0. The molecule has 0 saturated carbocycles. The standard InChI is InChI=1S/C16H21N3OS/c1-9(2)12-8-15(19-18-12)17-16(20)14-7-11-6-10(3)4-5-13(11)21-14/h7-10H,4-6H2,1-3H3,(H2,17,18,19,20). The van der Waals surface area contributed by atoms with Gasteiger partial charge in [0.2, 0.25) is 0 Å². The van der Waals surface area contributed by atoms with E-state index in [0.717, 1.165) is 29.3 Å². The molecule has 1 amide bonds. The van der Waals surface area contributed by atoms with Crippen molar-refractivity contribution >= 4 is 23.1 Å². The van der Waals surface area contributed by atoms with E-state index in [1.165, 1.54) is 16.9 Å². The van der Waals surface area contributed by atoms with E-state index in [0.29, 0.717) is 11.7 Å². The number of aromatic nitrogens is 2. The lowest BCUT2D eigenvalue weighted by Crippen LogP contribution is -2.10. The van der Waals surface area contributed by atoms with Crippen LogP contribution >= 0.6 is 11.3 Å². The molecule has 0 aromatic carbocycles. The van der Waals surface area contributed by atoms with E-state index in [9.17, 15) is 4.79 Å². The van der Waals surface area contributed by atoms with Crippen LogP contribution in [0, 0.1) is 5.92 Å². The van der Waals surface area contributed by atoms with Crippen molar-refractivity contribution in [1.29, 1.82) is 0 Å². The molecule has 1 aliphatic rings. The first-order valence-corrected chi connectivity index (χ1v) is 8.33. The zero-order chi connectivity index (χ0) is 15.0. The van der Waals surface area contributed by atoms with Crippen molar-refractivity contribution in [3.8, 4) is 0 Å². The number of anilines is 1. The summed E-state index contributed by atoms with van der Waals surface area (Å²) in [6, 6.07) is 3.96. The maximum Gasteiger partial charge on any atom is 0.266 e. The average molecular weight is 303 g/mol. The van der Waals surface area contributed by atoms with Gasteiger partial charge in [-0.1, -0.05) is 20.8 Å². The molecule has 2 heterocycles. The highest BCUT2D eigenvalue weighted by atomic mass is 32.1. The number of carbonyl (C=O) groups is 1. The molecule has 5 heteroatoms. The highest BCUT2D eigenvalue weighted by molar-refractivity contribution is 7.14. The molecule has 2 aromatic heterocycles. The van der Waals surface area contributed by atoms with Crippen LogP contribution in [0.4, 0.5) is 5.82 Å². The number of amides is 1. The fourth-order valence-electron chi connectivity index (χ4n) is 2.69. The van der Waals surface area contributed by atoms with Gasteiger partial charge in [0, 0.05) is 16.6 Å². The van der Waals surface area contributed by atoms with E-state index in [2.05, 4.69) is 42.4 Å². The first kappa shape index (κ1) is 14.3. The molecule has 21 heavy (non-hydrogen) atoms. The van der Waals surface area contributed by atoms with Gasteiger partial charge in [0.25, 0.3) is 5.91 Å². The van der Waals surface area contributed by atoms with Crippen LogP contribution < -0.4 is 5.32 Å². The van der Waals surface area contributed by atoms with Crippen LogP contribution in [0.3, 0.4) is 0 Å². The highest BCUT2D eigenvalue weighted by Crippen LogP contribution is 2.32. The fourth-order valence-corrected chi connectivity index (χ4v) is 3.80. The molecule has 1 unspecified atom stereocenters. The molecule has 3 rings (SSSR count). The molecule has 0 radical (unpaired) electrons. The number of aromatic amines is 1. The van der Waals surface area contributed by atoms with E-state index in [-0.39, 0.29) is 5.91 Å². The molecule has 112 valence electrons. The number of nitrogens with one attached hydrogen (secondary N) is 2. The number of hydrogen-bond acceptors (Lipinski definition) is 3. The Bertz CT molecular complexity index is 656. The Balaban J connectivity index is 1.73. The van der Waals surface area contributed by atoms with Crippen molar-refractivity contribution in [2.45, 2.75) is 46.0 Å². The Hall–Kier alpha value is -1.62. The van der Waals surface area contributed by atoms with Gasteiger partial charge in [-0.25, -0.2) is 0 Å². The minimum Gasteiger partial charge on any atom is -0.304 e. The summed E-state index contributed by atoms with van der Waals surface area (Å²) in [5.74, 6) is 1.65. The van der Waals surface area contributed by atoms with Gasteiger partial charge < -0.3 is 5.32 Å². The maximum absolute atomic E-state index is 12.3. The molecular formula is C16H21N3OS. The van der Waals surface area contributed by atoms with Gasteiger partial charge >= 0.3 is 0 Å². The third-order valence-electron chi connectivity index (χ3n) is 4.01. The molecule has 0 spiro atoms. The molecule has 0 fully saturated rings. The predicted molar refractivity (Wildman–Crippen MR) is 86.1 cm³/mol. The lowest BCUT2D eigenvalue weighted by Gasteiger charge is -2.16. The fraction of sp³-hybridized carbons (Fsp3) is 0.500. The number of thiophene rings is 1. The summed E-state index contributed by atoms with van der Waals surface area (Å²) >= 11 is 1.63. The summed E-state index contributed by atoms with van der Waals surface area (Å²) in [6.45, 7) is 6.46. The summed E-state index contributed by atoms with van der Waals surface area (Å²) in [5, 5.41) is 9.98. The summed E-state index contributed by atoms with van der Waals surface area (Å²) in [4.78, 5) is 14.5. The number of H-pyrrole nitrogens is 1. The van der Waals surface area contributed by atoms with Crippen LogP contribution in [0.1, 0.15) is 58.9 Å². The third-order valence-corrected chi connectivity index (χ3v) is 5.25. The van der Waals surface area contributed by atoms with Crippen LogP contribution in [-0.4, -0.2) is 16.1 Å². The summed E-state index contributed by atoms with van der Waals surface area (Å²) in [6.07, 6.45) is 3.43. The van der Waals surface area contributed by atoms with Gasteiger partial charge in [-0.2, -0.15) is 5.10 Å². The predicted octanol–water partition coefficient (Wildman–Crippen LogP) is 3.97. The smallest absolute Gasteiger partial charge is 0.266 e. The monoisotopic (exact) mass is 303 g/mol. The average Bonchev–Trinajstić information content (AvgIpc) is 3.04. The topological polar surface area (TPSA) is 57.8 Å². The zero-order valence-corrected chi connectivity index (χ0v) is 13.5. The van der Waals surface area contributed by atoms with Crippen molar-refractivity contribution < 1.29 is 4.79 Å². The van der Waals surface area contributed by atoms with Crippen molar-refractivity contribution in [1.82, 2.24) is 10.2 Å². The molecule has 4 nitrogen and oxygen atoms in total. The SMILES string of the molecule is CC1CCc2sc(C(=O)Nc3cc(C(C)C)[nH]n3)cc2C1. The second-order valence-electron chi connectivity index (χ2n) is 6.22. The summed E-state index contributed by atoms with van der Waals surface area (Å²) in [7, 11) is 0. The van der Waals surface area contributed by atoms with Gasteiger partial charge in [0.15, 0.2) is 5.82 Å². The van der Waals surface area contributed by atoms with E-state index in [1.807, 2.05) is 6.07 Å². The molecule has 0 bridgehead atoms. The summed E-state index contributed by atoms with van der Waals surface area (Å²) in [5.41, 5.74) is 2.39. The number of carbonyl (C=O) groups excluding carboxylic acids is 1. The van der Waals surface area contributed by atoms with Crippen LogP contribution in [0.15, 0.2) is 12.1 Å². The Labute approximate surface area is 129 Å². The Morgan fingerprint density at radius 1 is 1.48 bits per heavy atom. The van der Waals surface area contributed by atoms with Crippen molar-refractivity contribution in [2.24, 2.45) is 5.92 Å². The number of hydrogen-bond donors (Lipinski definition) is 2. The lowest BCUT2D eigenvalue weighted by molar-refractivity contribution is 0.103. The quantitative estimate of drug-likeness (QED) is 0.901. The molecule has 0 saturated heterocycles. The van der Waals surface area contributed by atoms with Crippen LogP contribution in [-0.2, 0) is 12.8 Å². The van der Waals surface area contributed by atoms with Gasteiger partial charge in [-0.15, -0.1) is 11.3 Å². The minimum absolute atomic E-state index is 0.0520. The van der Waals surface area contributed by atoms with Crippen molar-refractivity contribution in [2.75, 3.05) is 5.32 Å². The molecule has 2 N–H and O–H groups in total. The van der Waals surface area contributed by atoms with Gasteiger partial charge in [-0.3, -0.25) is 9.89 Å². The van der Waals surface area contributed by atoms with E-state index >= 15 is 0 Å². The van der Waals surface area contributed by atoms with Crippen LogP contribution in [0.25, 0.3) is 0 Å². The zero-order valence-electron chi connectivity index (χ0n) is 12.7. The van der Waals surface area contributed by atoms with Gasteiger partial charge in [0.05, 0.1) is 4.88 Å². The van der Waals surface area contributed by atoms with Gasteiger partial charge in [-0.05, 0) is 42.7 Å². The molecule has 1 aliphatic carbocycles. The highest BCUT2D eigenvalue weighted by Gasteiger charge is 2.21. The first-order valence-electron chi connectivity index (χ1n) is 7.51. The largest absolute Gasteiger partial charge is 0.304 e. The second-order valence-corrected chi connectivity index (χ2v) is 7.36. The van der Waals surface area contributed by atoms with Gasteiger partial charge in [0.1, 0.15) is 0 Å². The van der Waals surface area contributed by atoms with Crippen molar-refractivity contribution in [3.05, 3.63) is 33.1 Å². The Morgan fingerprint density at radius 3 is 3.00 bits per heavy atom. The normalized spacial score (nSPS) is 17.8. The van der Waals surface area contributed by atoms with Crippen molar-refractivity contribution in [3.63, 3.8) is 0 Å². The molecule has 1 atom stereocenters. The second kappa shape index (κ2) is 5.64. The minimum atomic E-state index is -0.0520. The molecule has 2 aromatic rings. The van der Waals surface area contributed by atoms with E-state index in [1.54, 1.807) is 11.3 Å². The number of fused-ring (bicyclic) bond motifs is 1. The molecular weight excluding hydrogens is 282 g/mol. The van der Waals surface area contributed by atoms with Crippen LogP contribution in [0.5, 0.6) is 0 Å². The third kappa shape index (κ3) is 3.02. The number of nitrogens with zero attached hydrogens (tertiary/aromatic N) is 1. The maximum atomic E-state index is 12.3. The Kier molecular flexibility index (Phi) is 3.85. The Morgan fingerprint density at radius 2 is 2.29 bits per heavy atom. The molecule has 0 aliphatic heterocycles. The number of rotatable bonds is 3. The van der Waals surface area contributed by atoms with E-state index < -0.39 is 0 Å².